The van der Waals surface area contributed by atoms with Crippen molar-refractivity contribution < 1.29 is 4.79 Å². The molecule has 6 heteroatoms. The number of aliphatic imine (C=N–C) groups is 1. The van der Waals surface area contributed by atoms with Crippen LogP contribution in [0.25, 0.3) is 6.08 Å². The highest BCUT2D eigenvalue weighted by Crippen LogP contribution is 2.32. The molecule has 0 saturated carbocycles. The predicted molar refractivity (Wildman–Crippen MR) is 108 cm³/mol. The Morgan fingerprint density at radius 2 is 1.84 bits per heavy atom. The van der Waals surface area contributed by atoms with Gasteiger partial charge >= 0.3 is 0 Å². The molecule has 1 aliphatic heterocycles. The van der Waals surface area contributed by atoms with Crippen molar-refractivity contribution in [2.45, 2.75) is 19.8 Å². The van der Waals surface area contributed by atoms with Crippen molar-refractivity contribution in [2.24, 2.45) is 4.99 Å². The summed E-state index contributed by atoms with van der Waals surface area (Å²) in [5.41, 5.74) is 2.77. The fraction of sp³-hybridized carbons (Fsp3) is 0.158. The summed E-state index contributed by atoms with van der Waals surface area (Å²) in [4.78, 5) is 17.1. The largest absolute Gasteiger partial charge is 0.300 e. The third kappa shape index (κ3) is 4.46. The Morgan fingerprint density at radius 3 is 2.52 bits per heavy atom. The van der Waals surface area contributed by atoms with Gasteiger partial charge in [-0.25, -0.2) is 4.99 Å². The van der Waals surface area contributed by atoms with Gasteiger partial charge in [-0.05, 0) is 53.1 Å². The van der Waals surface area contributed by atoms with Gasteiger partial charge in [-0.15, -0.1) is 0 Å². The Morgan fingerprint density at radius 1 is 1.12 bits per heavy atom. The molecular formula is C19H16Cl2N2OS. The summed E-state index contributed by atoms with van der Waals surface area (Å²) in [5.74, 6) is 0.307. The van der Waals surface area contributed by atoms with E-state index >= 15 is 0 Å². The van der Waals surface area contributed by atoms with E-state index in [1.54, 1.807) is 18.2 Å². The normalized spacial score (nSPS) is 17.6. The fourth-order valence-corrected chi connectivity index (χ4v) is 3.45. The maximum absolute atomic E-state index is 12.2. The Kier molecular flexibility index (Phi) is 5.52. The van der Waals surface area contributed by atoms with Crippen LogP contribution < -0.4 is 5.32 Å². The number of rotatable bonds is 3. The third-order valence-corrected chi connectivity index (χ3v) is 5.15. The molecule has 1 N–H and O–H groups in total. The van der Waals surface area contributed by atoms with E-state index in [4.69, 9.17) is 23.2 Å². The highest BCUT2D eigenvalue weighted by atomic mass is 35.5. The van der Waals surface area contributed by atoms with Gasteiger partial charge in [0.2, 0.25) is 0 Å². The summed E-state index contributed by atoms with van der Waals surface area (Å²) >= 11 is 13.4. The molecule has 1 amide bonds. The lowest BCUT2D eigenvalue weighted by molar-refractivity contribution is -0.115. The molecule has 1 aliphatic rings. The summed E-state index contributed by atoms with van der Waals surface area (Å²) < 4.78 is 0. The molecule has 0 atom stereocenters. The van der Waals surface area contributed by atoms with Crippen molar-refractivity contribution in [3.8, 4) is 0 Å². The number of benzene rings is 2. The second-order valence-corrected chi connectivity index (χ2v) is 7.77. The molecule has 1 saturated heterocycles. The first-order chi connectivity index (χ1) is 11.9. The average molecular weight is 391 g/mol. The predicted octanol–water partition coefficient (Wildman–Crippen LogP) is 6.01. The molecule has 2 aromatic carbocycles. The van der Waals surface area contributed by atoms with Crippen LogP contribution in [0, 0.1) is 0 Å². The number of halogens is 2. The monoisotopic (exact) mass is 390 g/mol. The number of amidine groups is 1. The first kappa shape index (κ1) is 18.1. The number of carbonyl (C=O) groups excluding carboxylic acids is 1. The molecular weight excluding hydrogens is 375 g/mol. The van der Waals surface area contributed by atoms with E-state index in [2.05, 4.69) is 36.3 Å². The second kappa shape index (κ2) is 7.65. The Hall–Kier alpha value is -1.75. The molecule has 0 spiro atoms. The van der Waals surface area contributed by atoms with E-state index in [0.29, 0.717) is 31.7 Å². The van der Waals surface area contributed by atoms with E-state index in [-0.39, 0.29) is 5.91 Å². The second-order valence-electron chi connectivity index (χ2n) is 5.90. The molecule has 0 radical (unpaired) electrons. The van der Waals surface area contributed by atoms with Gasteiger partial charge in [-0.3, -0.25) is 4.79 Å². The van der Waals surface area contributed by atoms with Crippen LogP contribution in [-0.4, -0.2) is 11.1 Å². The number of amides is 1. The molecule has 1 fully saturated rings. The summed E-state index contributed by atoms with van der Waals surface area (Å²) in [6.07, 6.45) is 1.85. The van der Waals surface area contributed by atoms with Crippen LogP contribution in [0.2, 0.25) is 10.0 Å². The highest BCUT2D eigenvalue weighted by Gasteiger charge is 2.24. The van der Waals surface area contributed by atoms with Gasteiger partial charge < -0.3 is 5.32 Å². The number of carbonyl (C=O) groups is 1. The quantitative estimate of drug-likeness (QED) is 0.651. The maximum Gasteiger partial charge on any atom is 0.264 e. The molecule has 2 aromatic rings. The van der Waals surface area contributed by atoms with Gasteiger partial charge in [-0.2, -0.15) is 0 Å². The smallest absolute Gasteiger partial charge is 0.264 e. The molecule has 128 valence electrons. The van der Waals surface area contributed by atoms with E-state index in [1.165, 1.54) is 17.3 Å². The van der Waals surface area contributed by atoms with Crippen LogP contribution in [-0.2, 0) is 4.79 Å². The van der Waals surface area contributed by atoms with Crippen molar-refractivity contribution in [1.82, 2.24) is 5.32 Å². The van der Waals surface area contributed by atoms with E-state index in [0.717, 1.165) is 5.56 Å². The van der Waals surface area contributed by atoms with Crippen LogP contribution >= 0.6 is 35.0 Å². The summed E-state index contributed by atoms with van der Waals surface area (Å²) in [7, 11) is 0. The number of hydrogen-bond acceptors (Lipinski definition) is 3. The lowest BCUT2D eigenvalue weighted by atomic mass is 10.0. The minimum absolute atomic E-state index is 0.171. The lowest BCUT2D eigenvalue weighted by Gasteiger charge is -2.04. The number of thioether (sulfide) groups is 1. The minimum atomic E-state index is -0.171. The van der Waals surface area contributed by atoms with Crippen LogP contribution in [0.3, 0.4) is 0 Å². The van der Waals surface area contributed by atoms with Crippen molar-refractivity contribution >= 4 is 57.8 Å². The van der Waals surface area contributed by atoms with Crippen LogP contribution in [0.15, 0.2) is 52.4 Å². The van der Waals surface area contributed by atoms with Crippen molar-refractivity contribution in [3.63, 3.8) is 0 Å². The molecule has 0 aliphatic carbocycles. The SMILES string of the molecule is CC(C)c1ccc(/C=C2/SC(=Nc3cc(Cl)ccc3Cl)NC2=O)cc1. The molecule has 0 unspecified atom stereocenters. The van der Waals surface area contributed by atoms with Gasteiger partial charge in [0.15, 0.2) is 5.17 Å². The lowest BCUT2D eigenvalue weighted by Crippen LogP contribution is -2.19. The number of nitrogens with zero attached hydrogens (tertiary/aromatic N) is 1. The summed E-state index contributed by atoms with van der Waals surface area (Å²) in [6, 6.07) is 13.2. The van der Waals surface area contributed by atoms with Gasteiger partial charge in [0.1, 0.15) is 0 Å². The molecule has 1 heterocycles. The topological polar surface area (TPSA) is 41.5 Å². The van der Waals surface area contributed by atoms with Gasteiger partial charge in [0.25, 0.3) is 5.91 Å². The zero-order valence-electron chi connectivity index (χ0n) is 13.7. The number of nitrogens with one attached hydrogen (secondary N) is 1. The van der Waals surface area contributed by atoms with Gasteiger partial charge in [-0.1, -0.05) is 61.3 Å². The standard InChI is InChI=1S/C19H16Cl2N2OS/c1-11(2)13-5-3-12(4-6-13)9-17-18(24)23-19(25-17)22-16-10-14(20)7-8-15(16)21/h3-11H,1-2H3,(H,22,23,24)/b17-9+. The summed E-state index contributed by atoms with van der Waals surface area (Å²) in [5, 5.41) is 4.26. The zero-order valence-corrected chi connectivity index (χ0v) is 16.0. The molecule has 25 heavy (non-hydrogen) atoms. The van der Waals surface area contributed by atoms with Crippen molar-refractivity contribution in [3.05, 3.63) is 68.5 Å². The number of hydrogen-bond donors (Lipinski definition) is 1. The molecule has 3 nitrogen and oxygen atoms in total. The maximum atomic E-state index is 12.2. The van der Waals surface area contributed by atoms with E-state index in [1.807, 2.05) is 18.2 Å². The third-order valence-electron chi connectivity index (χ3n) is 3.68. The Bertz CT molecular complexity index is 873. The zero-order chi connectivity index (χ0) is 18.0. The Labute approximate surface area is 161 Å². The van der Waals surface area contributed by atoms with E-state index in [9.17, 15) is 4.79 Å². The average Bonchev–Trinajstić information content (AvgIpc) is 2.91. The van der Waals surface area contributed by atoms with Crippen LogP contribution in [0.4, 0.5) is 5.69 Å². The first-order valence-electron chi connectivity index (χ1n) is 7.77. The van der Waals surface area contributed by atoms with Crippen molar-refractivity contribution in [2.75, 3.05) is 0 Å². The molecule has 0 aromatic heterocycles. The van der Waals surface area contributed by atoms with Crippen LogP contribution in [0.5, 0.6) is 0 Å². The first-order valence-corrected chi connectivity index (χ1v) is 9.34. The van der Waals surface area contributed by atoms with Gasteiger partial charge in [0.05, 0.1) is 15.6 Å². The van der Waals surface area contributed by atoms with E-state index < -0.39 is 0 Å². The van der Waals surface area contributed by atoms with Crippen molar-refractivity contribution in [1.29, 1.82) is 0 Å². The van der Waals surface area contributed by atoms with Gasteiger partial charge in [0, 0.05) is 5.02 Å². The van der Waals surface area contributed by atoms with Crippen LogP contribution in [0.1, 0.15) is 30.9 Å². The summed E-state index contributed by atoms with van der Waals surface area (Å²) in [6.45, 7) is 4.30. The molecule has 3 rings (SSSR count). The molecule has 0 bridgehead atoms. The minimum Gasteiger partial charge on any atom is -0.300 e. The fourth-order valence-electron chi connectivity index (χ4n) is 2.29. The highest BCUT2D eigenvalue weighted by molar-refractivity contribution is 8.18. The Balaban J connectivity index is 1.82.